The van der Waals surface area contributed by atoms with Gasteiger partial charge in [0.1, 0.15) is 17.3 Å². The molecule has 0 aliphatic carbocycles. The highest BCUT2D eigenvalue weighted by Gasteiger charge is 2.18. The van der Waals surface area contributed by atoms with Gasteiger partial charge in [-0.15, -0.1) is 0 Å². The van der Waals surface area contributed by atoms with Crippen LogP contribution in [0.15, 0.2) is 109 Å². The SMILES string of the molecule is Cc1ccc2c(c1)c1ccc(Oc3cccc(-n4nc(C)c(-c5ccccc5)c4C)c3)cc1n2-c1cc(CC(C)(C)C)ccn1. The molecule has 0 saturated carbocycles. The summed E-state index contributed by atoms with van der Waals surface area (Å²) in [6, 6.07) is 35.9. The van der Waals surface area contributed by atoms with Crippen molar-refractivity contribution in [1.82, 2.24) is 19.3 Å². The van der Waals surface area contributed by atoms with E-state index in [-0.39, 0.29) is 5.41 Å². The van der Waals surface area contributed by atoms with E-state index in [9.17, 15) is 0 Å². The molecule has 7 aromatic rings. The lowest BCUT2D eigenvalue weighted by Gasteiger charge is -2.18. The number of aromatic nitrogens is 4. The van der Waals surface area contributed by atoms with Gasteiger partial charge < -0.3 is 4.74 Å². The van der Waals surface area contributed by atoms with Crippen molar-refractivity contribution >= 4 is 21.8 Å². The normalized spacial score (nSPS) is 11.9. The predicted octanol–water partition coefficient (Wildman–Crippen LogP) is 10.3. The Hall–Kier alpha value is -5.16. The molecule has 0 spiro atoms. The van der Waals surface area contributed by atoms with Gasteiger partial charge in [0.05, 0.1) is 22.4 Å². The quantitative estimate of drug-likeness (QED) is 0.194. The largest absolute Gasteiger partial charge is 0.457 e. The monoisotopic (exact) mass is 590 g/mol. The van der Waals surface area contributed by atoms with Gasteiger partial charge >= 0.3 is 0 Å². The first-order valence-electron chi connectivity index (χ1n) is 15.5. The molecule has 3 heterocycles. The van der Waals surface area contributed by atoms with Crippen LogP contribution < -0.4 is 4.74 Å². The predicted molar refractivity (Wildman–Crippen MR) is 185 cm³/mol. The van der Waals surface area contributed by atoms with Crippen molar-refractivity contribution in [3.8, 4) is 34.1 Å². The van der Waals surface area contributed by atoms with Crippen LogP contribution in [0.25, 0.3) is 44.4 Å². The van der Waals surface area contributed by atoms with E-state index in [0.717, 1.165) is 57.4 Å². The molecule has 0 bridgehead atoms. The van der Waals surface area contributed by atoms with Crippen LogP contribution in [-0.2, 0) is 6.42 Å². The van der Waals surface area contributed by atoms with Crippen molar-refractivity contribution < 1.29 is 4.74 Å². The molecule has 0 aliphatic heterocycles. The molecule has 0 amide bonds. The zero-order valence-electron chi connectivity index (χ0n) is 26.8. The first-order valence-corrected chi connectivity index (χ1v) is 15.5. The summed E-state index contributed by atoms with van der Waals surface area (Å²) in [5.74, 6) is 2.44. The molecular weight excluding hydrogens is 552 g/mol. The zero-order chi connectivity index (χ0) is 31.3. The number of ether oxygens (including phenoxy) is 1. The summed E-state index contributed by atoms with van der Waals surface area (Å²) in [7, 11) is 0. The van der Waals surface area contributed by atoms with Crippen LogP contribution in [0.5, 0.6) is 11.5 Å². The minimum absolute atomic E-state index is 0.183. The number of rotatable bonds is 6. The van der Waals surface area contributed by atoms with Crippen LogP contribution >= 0.6 is 0 Å². The van der Waals surface area contributed by atoms with Crippen molar-refractivity contribution in [2.75, 3.05) is 0 Å². The number of hydrogen-bond acceptors (Lipinski definition) is 3. The van der Waals surface area contributed by atoms with Crippen LogP contribution in [0.4, 0.5) is 0 Å². The van der Waals surface area contributed by atoms with Crippen molar-refractivity contribution in [2.24, 2.45) is 5.41 Å². The number of fused-ring (bicyclic) bond motifs is 3. The minimum atomic E-state index is 0.183. The molecule has 0 radical (unpaired) electrons. The lowest BCUT2D eigenvalue weighted by molar-refractivity contribution is 0.411. The van der Waals surface area contributed by atoms with Crippen molar-refractivity contribution in [1.29, 1.82) is 0 Å². The smallest absolute Gasteiger partial charge is 0.137 e. The van der Waals surface area contributed by atoms with Crippen LogP contribution in [0.2, 0.25) is 0 Å². The fourth-order valence-corrected chi connectivity index (χ4v) is 6.46. The number of hydrogen-bond donors (Lipinski definition) is 0. The highest BCUT2D eigenvalue weighted by molar-refractivity contribution is 6.09. The van der Waals surface area contributed by atoms with E-state index < -0.39 is 0 Å². The van der Waals surface area contributed by atoms with E-state index in [1.165, 1.54) is 27.5 Å². The highest BCUT2D eigenvalue weighted by atomic mass is 16.5. The lowest BCUT2D eigenvalue weighted by atomic mass is 9.88. The van der Waals surface area contributed by atoms with Gasteiger partial charge in [-0.2, -0.15) is 5.10 Å². The van der Waals surface area contributed by atoms with Gasteiger partial charge in [0, 0.05) is 40.4 Å². The Labute approximate surface area is 264 Å². The van der Waals surface area contributed by atoms with Crippen LogP contribution in [0, 0.1) is 26.2 Å². The molecule has 3 aromatic heterocycles. The Morgan fingerprint density at radius 2 is 1.51 bits per heavy atom. The molecule has 0 fully saturated rings. The molecule has 224 valence electrons. The van der Waals surface area contributed by atoms with Crippen molar-refractivity contribution in [2.45, 2.75) is 48.0 Å². The Morgan fingerprint density at radius 1 is 0.711 bits per heavy atom. The summed E-state index contributed by atoms with van der Waals surface area (Å²) in [6.07, 6.45) is 2.90. The third kappa shape index (κ3) is 5.51. The average molecular weight is 591 g/mol. The van der Waals surface area contributed by atoms with Crippen LogP contribution in [-0.4, -0.2) is 19.3 Å². The first kappa shape index (κ1) is 28.6. The fourth-order valence-electron chi connectivity index (χ4n) is 6.46. The lowest BCUT2D eigenvalue weighted by Crippen LogP contribution is -2.10. The standard InChI is InChI=1S/C40H38N4O/c1-26-15-18-36-35(21-26)34-17-16-33(24-37(34)43(36)38-22-29(19-20-41-38)25-40(4,5)6)45-32-14-10-13-31(23-32)44-28(3)39(27(2)42-44)30-11-8-7-9-12-30/h7-24H,25H2,1-6H3. The van der Waals surface area contributed by atoms with E-state index in [1.807, 2.05) is 29.1 Å². The van der Waals surface area contributed by atoms with Gasteiger partial charge in [0.15, 0.2) is 0 Å². The van der Waals surface area contributed by atoms with E-state index in [2.05, 4.69) is 131 Å². The van der Waals surface area contributed by atoms with Gasteiger partial charge in [-0.25, -0.2) is 9.67 Å². The van der Waals surface area contributed by atoms with Crippen molar-refractivity contribution in [3.63, 3.8) is 0 Å². The molecule has 0 N–H and O–H groups in total. The van der Waals surface area contributed by atoms with Crippen LogP contribution in [0.1, 0.15) is 43.3 Å². The third-order valence-corrected chi connectivity index (χ3v) is 8.32. The summed E-state index contributed by atoms with van der Waals surface area (Å²) in [4.78, 5) is 4.84. The number of nitrogens with zero attached hydrogens (tertiary/aromatic N) is 4. The molecular formula is C40H38N4O. The van der Waals surface area contributed by atoms with E-state index in [1.54, 1.807) is 0 Å². The minimum Gasteiger partial charge on any atom is -0.457 e. The molecule has 4 aromatic carbocycles. The Kier molecular flexibility index (Phi) is 7.04. The number of pyridine rings is 1. The molecule has 5 heteroatoms. The summed E-state index contributed by atoms with van der Waals surface area (Å²) in [5.41, 5.74) is 10.3. The molecule has 0 saturated heterocycles. The maximum absolute atomic E-state index is 6.54. The molecule has 0 atom stereocenters. The second-order valence-corrected chi connectivity index (χ2v) is 13.2. The molecule has 7 rings (SSSR count). The van der Waals surface area contributed by atoms with Gasteiger partial charge in [0.25, 0.3) is 0 Å². The summed E-state index contributed by atoms with van der Waals surface area (Å²) in [5, 5.41) is 7.29. The van der Waals surface area contributed by atoms with Crippen molar-refractivity contribution in [3.05, 3.63) is 132 Å². The Balaban J connectivity index is 1.29. The van der Waals surface area contributed by atoms with E-state index >= 15 is 0 Å². The Morgan fingerprint density at radius 3 is 2.31 bits per heavy atom. The van der Waals surface area contributed by atoms with Crippen LogP contribution in [0.3, 0.4) is 0 Å². The van der Waals surface area contributed by atoms with Gasteiger partial charge in [-0.1, -0.05) is 68.8 Å². The molecule has 45 heavy (non-hydrogen) atoms. The summed E-state index contributed by atoms with van der Waals surface area (Å²) < 4.78 is 10.8. The molecule has 5 nitrogen and oxygen atoms in total. The number of aryl methyl sites for hydroxylation is 2. The zero-order valence-corrected chi connectivity index (χ0v) is 26.8. The second-order valence-electron chi connectivity index (χ2n) is 13.2. The number of benzene rings is 4. The summed E-state index contributed by atoms with van der Waals surface area (Å²) >= 11 is 0. The maximum atomic E-state index is 6.54. The third-order valence-electron chi connectivity index (χ3n) is 8.32. The second kappa shape index (κ2) is 11.1. The van der Waals surface area contributed by atoms with E-state index in [0.29, 0.717) is 0 Å². The molecule has 0 unspecified atom stereocenters. The van der Waals surface area contributed by atoms with E-state index in [4.69, 9.17) is 14.8 Å². The van der Waals surface area contributed by atoms with Gasteiger partial charge in [-0.05, 0) is 92.3 Å². The maximum Gasteiger partial charge on any atom is 0.137 e. The molecule has 0 aliphatic rings. The average Bonchev–Trinajstić information content (AvgIpc) is 3.49. The fraction of sp³-hybridized carbons (Fsp3) is 0.200. The Bertz CT molecular complexity index is 2180. The topological polar surface area (TPSA) is 44.9 Å². The van der Waals surface area contributed by atoms with Gasteiger partial charge in [0.2, 0.25) is 0 Å². The first-order chi connectivity index (χ1) is 21.6. The van der Waals surface area contributed by atoms with Gasteiger partial charge in [-0.3, -0.25) is 4.57 Å². The highest BCUT2D eigenvalue weighted by Crippen LogP contribution is 2.36. The summed E-state index contributed by atoms with van der Waals surface area (Å²) in [6.45, 7) is 13.1.